The first kappa shape index (κ1) is 16.2. The first-order chi connectivity index (χ1) is 7.92. The van der Waals surface area contributed by atoms with E-state index in [1.165, 1.54) is 49.5 Å². The zero-order valence-corrected chi connectivity index (χ0v) is 12.9. The summed E-state index contributed by atoms with van der Waals surface area (Å²) in [7, 11) is 0. The topological polar surface area (TPSA) is 28.2 Å². The number of halogens is 2. The van der Waals surface area contributed by atoms with E-state index < -0.39 is 0 Å². The summed E-state index contributed by atoms with van der Waals surface area (Å²) in [6.07, 6.45) is 5.19. The van der Waals surface area contributed by atoms with Crippen molar-refractivity contribution in [2.24, 2.45) is 0 Å². The average Bonchev–Trinajstić information content (AvgIpc) is 2.72. The molecule has 1 aromatic heterocycles. The maximum atomic E-state index is 4.80. The van der Waals surface area contributed by atoms with Crippen LogP contribution < -0.4 is 5.32 Å². The zero-order valence-electron chi connectivity index (χ0n) is 10.5. The molecule has 0 aromatic carbocycles. The summed E-state index contributed by atoms with van der Waals surface area (Å²) in [6.45, 7) is 5.67. The molecule has 104 valence electrons. The minimum atomic E-state index is 0. The van der Waals surface area contributed by atoms with E-state index in [9.17, 15) is 0 Å². The fourth-order valence-corrected chi connectivity index (χ4v) is 3.73. The van der Waals surface area contributed by atoms with Crippen LogP contribution in [0.15, 0.2) is 0 Å². The van der Waals surface area contributed by atoms with E-state index in [1.807, 2.05) is 11.3 Å². The van der Waals surface area contributed by atoms with Crippen LogP contribution in [0, 0.1) is 0 Å². The minimum absolute atomic E-state index is 0. The molecule has 1 aliphatic heterocycles. The third-order valence-corrected chi connectivity index (χ3v) is 4.60. The Hall–Kier alpha value is 0.130. The van der Waals surface area contributed by atoms with E-state index in [-0.39, 0.29) is 24.8 Å². The van der Waals surface area contributed by atoms with Gasteiger partial charge in [0.25, 0.3) is 0 Å². The van der Waals surface area contributed by atoms with Crippen LogP contribution >= 0.6 is 36.2 Å². The van der Waals surface area contributed by atoms with Crippen molar-refractivity contribution < 1.29 is 0 Å². The Labute approximate surface area is 125 Å². The summed E-state index contributed by atoms with van der Waals surface area (Å²) in [6, 6.07) is 0. The van der Waals surface area contributed by atoms with Gasteiger partial charge in [0, 0.05) is 31.1 Å². The molecular weight excluding hydrogens is 289 g/mol. The number of nitrogens with zero attached hydrogens (tertiary/aromatic N) is 2. The van der Waals surface area contributed by atoms with Crippen molar-refractivity contribution in [3.05, 3.63) is 15.6 Å². The molecule has 1 N–H and O–H groups in total. The Bertz CT molecular complexity index is 341. The smallest absolute Gasteiger partial charge is 0.107 e. The first-order valence-corrected chi connectivity index (χ1v) is 7.14. The number of rotatable bonds is 2. The van der Waals surface area contributed by atoms with Gasteiger partial charge in [0.1, 0.15) is 5.01 Å². The molecule has 3 rings (SSSR count). The number of thiazole rings is 1. The highest BCUT2D eigenvalue weighted by Crippen LogP contribution is 2.27. The summed E-state index contributed by atoms with van der Waals surface area (Å²) in [5.41, 5.74) is 1.40. The van der Waals surface area contributed by atoms with E-state index in [0.29, 0.717) is 0 Å². The lowest BCUT2D eigenvalue weighted by molar-refractivity contribution is 0.233. The van der Waals surface area contributed by atoms with Crippen molar-refractivity contribution in [3.63, 3.8) is 0 Å². The van der Waals surface area contributed by atoms with Crippen LogP contribution in [0.1, 0.15) is 28.4 Å². The summed E-state index contributed by atoms with van der Waals surface area (Å²) in [4.78, 5) is 8.88. The number of piperazine rings is 1. The minimum Gasteiger partial charge on any atom is -0.314 e. The van der Waals surface area contributed by atoms with E-state index >= 15 is 0 Å². The number of hydrogen-bond donors (Lipinski definition) is 1. The lowest BCUT2D eigenvalue weighted by Crippen LogP contribution is -2.42. The average molecular weight is 310 g/mol. The van der Waals surface area contributed by atoms with Crippen molar-refractivity contribution in [1.29, 1.82) is 0 Å². The van der Waals surface area contributed by atoms with Crippen LogP contribution in [-0.4, -0.2) is 36.1 Å². The standard InChI is InChI=1S/C12H19N3S.2ClH/c1-2-4-11-10(3-1)14-12(16-11)9-15-7-5-13-6-8-15;;/h13H,1-9H2;2*1H. The van der Waals surface area contributed by atoms with E-state index in [1.54, 1.807) is 4.88 Å². The third kappa shape index (κ3) is 3.81. The second-order valence-electron chi connectivity index (χ2n) is 4.71. The molecule has 0 atom stereocenters. The van der Waals surface area contributed by atoms with E-state index in [4.69, 9.17) is 4.98 Å². The van der Waals surface area contributed by atoms with Crippen molar-refractivity contribution in [2.75, 3.05) is 26.2 Å². The molecule has 6 heteroatoms. The quantitative estimate of drug-likeness (QED) is 0.908. The number of hydrogen-bond acceptors (Lipinski definition) is 4. The predicted octanol–water partition coefficient (Wildman–Crippen LogP) is 2.27. The van der Waals surface area contributed by atoms with Crippen molar-refractivity contribution in [2.45, 2.75) is 32.2 Å². The lowest BCUT2D eigenvalue weighted by Gasteiger charge is -2.26. The van der Waals surface area contributed by atoms with Crippen molar-refractivity contribution >= 4 is 36.2 Å². The molecule has 1 aliphatic carbocycles. The second-order valence-corrected chi connectivity index (χ2v) is 5.88. The zero-order chi connectivity index (χ0) is 10.8. The van der Waals surface area contributed by atoms with E-state index in [2.05, 4.69) is 10.2 Å². The summed E-state index contributed by atoms with van der Waals surface area (Å²) in [5.74, 6) is 0. The Morgan fingerprint density at radius 2 is 1.83 bits per heavy atom. The van der Waals surface area contributed by atoms with Crippen molar-refractivity contribution in [1.82, 2.24) is 15.2 Å². The molecule has 0 bridgehead atoms. The summed E-state index contributed by atoms with van der Waals surface area (Å²) < 4.78 is 0. The lowest BCUT2D eigenvalue weighted by atomic mass is 10.0. The van der Waals surface area contributed by atoms with Crippen LogP contribution in [-0.2, 0) is 19.4 Å². The molecule has 1 fully saturated rings. The van der Waals surface area contributed by atoms with Crippen LogP contribution in [0.5, 0.6) is 0 Å². The third-order valence-electron chi connectivity index (χ3n) is 3.46. The molecule has 1 saturated heterocycles. The van der Waals surface area contributed by atoms with Crippen LogP contribution in [0.25, 0.3) is 0 Å². The van der Waals surface area contributed by atoms with Gasteiger partial charge >= 0.3 is 0 Å². The van der Waals surface area contributed by atoms with Gasteiger partial charge in [-0.1, -0.05) is 0 Å². The predicted molar refractivity (Wildman–Crippen MR) is 81.4 cm³/mol. The highest BCUT2D eigenvalue weighted by atomic mass is 35.5. The Morgan fingerprint density at radius 1 is 1.11 bits per heavy atom. The Kier molecular flexibility index (Phi) is 6.88. The first-order valence-electron chi connectivity index (χ1n) is 6.32. The van der Waals surface area contributed by atoms with Gasteiger partial charge in [-0.05, 0) is 25.7 Å². The monoisotopic (exact) mass is 309 g/mol. The highest BCUT2D eigenvalue weighted by molar-refractivity contribution is 7.11. The molecule has 18 heavy (non-hydrogen) atoms. The Morgan fingerprint density at radius 3 is 2.56 bits per heavy atom. The van der Waals surface area contributed by atoms with Gasteiger partial charge in [-0.25, -0.2) is 4.98 Å². The van der Waals surface area contributed by atoms with E-state index in [0.717, 1.165) is 19.6 Å². The maximum Gasteiger partial charge on any atom is 0.107 e. The fourth-order valence-electron chi connectivity index (χ4n) is 2.53. The SMILES string of the molecule is C1CCc2sc(CN3CCNCC3)nc2C1.Cl.Cl. The molecular formula is C12H21Cl2N3S. The van der Waals surface area contributed by atoms with Gasteiger partial charge in [0.2, 0.25) is 0 Å². The molecule has 1 aromatic rings. The normalized spacial score (nSPS) is 19.6. The number of fused-ring (bicyclic) bond motifs is 1. The molecule has 0 unspecified atom stereocenters. The van der Waals surface area contributed by atoms with Crippen LogP contribution in [0.3, 0.4) is 0 Å². The highest BCUT2D eigenvalue weighted by Gasteiger charge is 2.17. The largest absolute Gasteiger partial charge is 0.314 e. The Balaban J connectivity index is 0.000000810. The fraction of sp³-hybridized carbons (Fsp3) is 0.750. The van der Waals surface area contributed by atoms with Gasteiger partial charge in [-0.3, -0.25) is 4.90 Å². The van der Waals surface area contributed by atoms with Gasteiger partial charge in [0.15, 0.2) is 0 Å². The number of nitrogens with one attached hydrogen (secondary N) is 1. The maximum absolute atomic E-state index is 4.80. The van der Waals surface area contributed by atoms with Gasteiger partial charge in [0.05, 0.1) is 12.2 Å². The van der Waals surface area contributed by atoms with Crippen LogP contribution in [0.2, 0.25) is 0 Å². The summed E-state index contributed by atoms with van der Waals surface area (Å²) in [5, 5.41) is 4.73. The van der Waals surface area contributed by atoms with Gasteiger partial charge < -0.3 is 5.32 Å². The van der Waals surface area contributed by atoms with Crippen molar-refractivity contribution in [3.8, 4) is 0 Å². The molecule has 0 spiro atoms. The second kappa shape index (κ2) is 7.65. The number of aromatic nitrogens is 1. The molecule has 2 heterocycles. The van der Waals surface area contributed by atoms with Crippen LogP contribution in [0.4, 0.5) is 0 Å². The van der Waals surface area contributed by atoms with Gasteiger partial charge in [-0.2, -0.15) is 0 Å². The molecule has 0 saturated carbocycles. The summed E-state index contributed by atoms with van der Waals surface area (Å²) >= 11 is 1.96. The number of aryl methyl sites for hydroxylation is 2. The molecule has 2 aliphatic rings. The molecule has 0 radical (unpaired) electrons. The molecule has 3 nitrogen and oxygen atoms in total. The van der Waals surface area contributed by atoms with Gasteiger partial charge in [-0.15, -0.1) is 36.2 Å². The molecule has 0 amide bonds.